The first-order chi connectivity index (χ1) is 14.3. The van der Waals surface area contributed by atoms with Gasteiger partial charge in [-0.25, -0.2) is 4.39 Å². The maximum Gasteiger partial charge on any atom is 0.414 e. The number of hydrogen-bond donors (Lipinski definition) is 2. The highest BCUT2D eigenvalue weighted by molar-refractivity contribution is 5.95. The molecular weight excluding hydrogens is 400 g/mol. The van der Waals surface area contributed by atoms with E-state index in [0.717, 1.165) is 0 Å². The van der Waals surface area contributed by atoms with Gasteiger partial charge in [0.15, 0.2) is 6.04 Å². The van der Waals surface area contributed by atoms with E-state index in [0.29, 0.717) is 11.3 Å². The van der Waals surface area contributed by atoms with Crippen LogP contribution in [0.4, 0.5) is 17.6 Å². The van der Waals surface area contributed by atoms with Crippen LogP contribution in [0.3, 0.4) is 0 Å². The van der Waals surface area contributed by atoms with Crippen LogP contribution >= 0.6 is 0 Å². The SMILES string of the molecule is O=C(NC(c1ccccn1)C(F)(F)F)C1=C2C=CC=CN2C(c2cccc(F)c2)N1. The topological polar surface area (TPSA) is 57.3 Å². The van der Waals surface area contributed by atoms with Gasteiger partial charge in [-0.1, -0.05) is 24.3 Å². The summed E-state index contributed by atoms with van der Waals surface area (Å²) in [5.74, 6) is -1.40. The number of carbonyl (C=O) groups excluding carboxylic acids is 1. The van der Waals surface area contributed by atoms with E-state index < -0.39 is 30.1 Å². The van der Waals surface area contributed by atoms with Crippen LogP contribution in [0.2, 0.25) is 0 Å². The van der Waals surface area contributed by atoms with Gasteiger partial charge in [0.25, 0.3) is 5.91 Å². The molecule has 0 saturated heterocycles. The van der Waals surface area contributed by atoms with Gasteiger partial charge in [-0.15, -0.1) is 0 Å². The molecule has 2 aliphatic rings. The number of carbonyl (C=O) groups is 1. The summed E-state index contributed by atoms with van der Waals surface area (Å²) >= 11 is 0. The van der Waals surface area contributed by atoms with Gasteiger partial charge in [-0.2, -0.15) is 13.2 Å². The second-order valence-corrected chi connectivity index (χ2v) is 6.67. The van der Waals surface area contributed by atoms with Crippen molar-refractivity contribution < 1.29 is 22.4 Å². The third kappa shape index (κ3) is 3.78. The molecule has 0 fully saturated rings. The van der Waals surface area contributed by atoms with Crippen LogP contribution < -0.4 is 10.6 Å². The van der Waals surface area contributed by atoms with Gasteiger partial charge in [0.05, 0.1) is 11.4 Å². The fourth-order valence-corrected chi connectivity index (χ4v) is 3.35. The third-order valence-corrected chi connectivity index (χ3v) is 4.68. The molecule has 0 bridgehead atoms. The smallest absolute Gasteiger partial charge is 0.355 e. The van der Waals surface area contributed by atoms with E-state index in [4.69, 9.17) is 0 Å². The maximum atomic E-state index is 13.7. The second kappa shape index (κ2) is 7.66. The Morgan fingerprint density at radius 3 is 2.70 bits per heavy atom. The average Bonchev–Trinajstić information content (AvgIpc) is 3.11. The molecule has 2 aromatic rings. The number of fused-ring (bicyclic) bond motifs is 1. The summed E-state index contributed by atoms with van der Waals surface area (Å²) in [6, 6.07) is 7.60. The van der Waals surface area contributed by atoms with Gasteiger partial charge in [-0.3, -0.25) is 9.78 Å². The van der Waals surface area contributed by atoms with Gasteiger partial charge in [-0.05, 0) is 42.0 Å². The summed E-state index contributed by atoms with van der Waals surface area (Å²) in [5, 5.41) is 4.95. The van der Waals surface area contributed by atoms with Crippen LogP contribution in [-0.4, -0.2) is 22.0 Å². The predicted molar refractivity (Wildman–Crippen MR) is 101 cm³/mol. The Labute approximate surface area is 169 Å². The standard InChI is InChI=1S/C21H16F4N4O/c22-14-7-5-6-13(12-14)19-27-17(16-9-2-4-11-29(16)19)20(30)28-18(21(23,24)25)15-8-1-3-10-26-15/h1-12,18-19,27H,(H,28,30). The lowest BCUT2D eigenvalue weighted by atomic mass is 10.1. The highest BCUT2D eigenvalue weighted by Gasteiger charge is 2.44. The van der Waals surface area contributed by atoms with Crippen molar-refractivity contribution >= 4 is 5.91 Å². The van der Waals surface area contributed by atoms with Crippen molar-refractivity contribution in [1.82, 2.24) is 20.5 Å². The van der Waals surface area contributed by atoms with E-state index in [1.807, 2.05) is 5.32 Å². The van der Waals surface area contributed by atoms with Gasteiger partial charge in [0, 0.05) is 12.4 Å². The number of benzene rings is 1. The van der Waals surface area contributed by atoms with Crippen LogP contribution in [0.15, 0.2) is 84.5 Å². The first kappa shape index (κ1) is 19.7. The molecule has 1 aromatic carbocycles. The lowest BCUT2D eigenvalue weighted by Gasteiger charge is -2.26. The van der Waals surface area contributed by atoms with Crippen molar-refractivity contribution in [2.75, 3.05) is 0 Å². The Morgan fingerprint density at radius 1 is 1.17 bits per heavy atom. The van der Waals surface area contributed by atoms with E-state index in [-0.39, 0.29) is 11.4 Å². The number of allylic oxidation sites excluding steroid dienone is 3. The van der Waals surface area contributed by atoms with Crippen LogP contribution in [-0.2, 0) is 4.79 Å². The molecule has 4 rings (SSSR count). The molecule has 0 spiro atoms. The molecule has 30 heavy (non-hydrogen) atoms. The number of alkyl halides is 3. The lowest BCUT2D eigenvalue weighted by molar-refractivity contribution is -0.163. The fourth-order valence-electron chi connectivity index (χ4n) is 3.35. The number of rotatable bonds is 4. The molecule has 3 heterocycles. The average molecular weight is 416 g/mol. The molecule has 9 heteroatoms. The van der Waals surface area contributed by atoms with Crippen molar-refractivity contribution in [3.8, 4) is 0 Å². The third-order valence-electron chi connectivity index (χ3n) is 4.68. The van der Waals surface area contributed by atoms with Gasteiger partial charge in [0.2, 0.25) is 0 Å². The number of halogens is 4. The number of nitrogens with one attached hydrogen (secondary N) is 2. The van der Waals surface area contributed by atoms with Crippen molar-refractivity contribution in [3.05, 3.63) is 102 Å². The Balaban J connectivity index is 1.64. The molecule has 0 saturated carbocycles. The minimum Gasteiger partial charge on any atom is -0.355 e. The molecule has 2 atom stereocenters. The molecular formula is C21H16F4N4O. The number of hydrogen-bond acceptors (Lipinski definition) is 4. The molecule has 5 nitrogen and oxygen atoms in total. The van der Waals surface area contributed by atoms with E-state index >= 15 is 0 Å². The van der Waals surface area contributed by atoms with Crippen molar-refractivity contribution in [3.63, 3.8) is 0 Å². The van der Waals surface area contributed by atoms with Crippen LogP contribution in [0, 0.1) is 5.82 Å². The number of aromatic nitrogens is 1. The first-order valence-electron chi connectivity index (χ1n) is 9.02. The number of nitrogens with zero attached hydrogens (tertiary/aromatic N) is 2. The van der Waals surface area contributed by atoms with Crippen LogP contribution in [0.1, 0.15) is 23.5 Å². The monoisotopic (exact) mass is 416 g/mol. The summed E-state index contributed by atoms with van der Waals surface area (Å²) < 4.78 is 54.5. The first-order valence-corrected chi connectivity index (χ1v) is 9.02. The summed E-state index contributed by atoms with van der Waals surface area (Å²) in [6.07, 6.45) is 2.49. The fraction of sp³-hybridized carbons (Fsp3) is 0.143. The summed E-state index contributed by atoms with van der Waals surface area (Å²) in [7, 11) is 0. The van der Waals surface area contributed by atoms with Gasteiger partial charge in [0.1, 0.15) is 17.7 Å². The van der Waals surface area contributed by atoms with Crippen molar-refractivity contribution in [2.24, 2.45) is 0 Å². The normalized spacial score (nSPS) is 18.8. The summed E-state index contributed by atoms with van der Waals surface area (Å²) in [5.41, 5.74) is 0.535. The largest absolute Gasteiger partial charge is 0.414 e. The maximum absolute atomic E-state index is 13.7. The lowest BCUT2D eigenvalue weighted by Crippen LogP contribution is -2.41. The highest BCUT2D eigenvalue weighted by Crippen LogP contribution is 2.36. The predicted octanol–water partition coefficient (Wildman–Crippen LogP) is 3.84. The summed E-state index contributed by atoms with van der Waals surface area (Å²) in [4.78, 5) is 18.2. The highest BCUT2D eigenvalue weighted by atomic mass is 19.4. The number of pyridine rings is 1. The van der Waals surface area contributed by atoms with E-state index in [1.165, 1.54) is 42.6 Å². The second-order valence-electron chi connectivity index (χ2n) is 6.67. The minimum absolute atomic E-state index is 0.0463. The van der Waals surface area contributed by atoms with Gasteiger partial charge < -0.3 is 15.5 Å². The molecule has 154 valence electrons. The Hall–Kier alpha value is -3.62. The molecule has 2 unspecified atom stereocenters. The quantitative estimate of drug-likeness (QED) is 0.744. The molecule has 0 radical (unpaired) electrons. The minimum atomic E-state index is -4.74. The van der Waals surface area contributed by atoms with Crippen LogP contribution in [0.5, 0.6) is 0 Å². The Bertz CT molecular complexity index is 1050. The zero-order chi connectivity index (χ0) is 21.3. The van der Waals surface area contributed by atoms with Crippen LogP contribution in [0.25, 0.3) is 0 Å². The van der Waals surface area contributed by atoms with E-state index in [1.54, 1.807) is 35.4 Å². The van der Waals surface area contributed by atoms with E-state index in [9.17, 15) is 22.4 Å². The number of amides is 1. The van der Waals surface area contributed by atoms with Crippen molar-refractivity contribution in [1.29, 1.82) is 0 Å². The molecule has 1 aromatic heterocycles. The molecule has 2 aliphatic heterocycles. The molecule has 1 amide bonds. The zero-order valence-corrected chi connectivity index (χ0v) is 15.4. The molecule has 0 aliphatic carbocycles. The Morgan fingerprint density at radius 2 is 2.00 bits per heavy atom. The molecule has 2 N–H and O–H groups in total. The summed E-state index contributed by atoms with van der Waals surface area (Å²) in [6.45, 7) is 0. The Kier molecular flexibility index (Phi) is 5.03. The zero-order valence-electron chi connectivity index (χ0n) is 15.4. The van der Waals surface area contributed by atoms with Gasteiger partial charge >= 0.3 is 6.18 Å². The van der Waals surface area contributed by atoms with E-state index in [2.05, 4.69) is 10.3 Å². The van der Waals surface area contributed by atoms with Crippen molar-refractivity contribution in [2.45, 2.75) is 18.4 Å².